The van der Waals surface area contributed by atoms with Gasteiger partial charge in [0.1, 0.15) is 5.82 Å². The monoisotopic (exact) mass is 353 g/mol. The average molecular weight is 354 g/mol. The van der Waals surface area contributed by atoms with E-state index in [1.54, 1.807) is 12.1 Å². The van der Waals surface area contributed by atoms with Crippen molar-refractivity contribution >= 4 is 15.9 Å². The zero-order valence-corrected chi connectivity index (χ0v) is 13.1. The molecule has 2 N–H and O–H groups in total. The lowest BCUT2D eigenvalue weighted by molar-refractivity contribution is 0.273. The van der Waals surface area contributed by atoms with Gasteiger partial charge in [-0.15, -0.1) is 0 Å². The molecule has 0 amide bonds. The van der Waals surface area contributed by atoms with E-state index in [1.165, 1.54) is 18.9 Å². The third kappa shape index (κ3) is 3.32. The molecule has 2 atom stereocenters. The van der Waals surface area contributed by atoms with Crippen LogP contribution in [0.5, 0.6) is 0 Å². The number of hydrogen-bond donors (Lipinski definition) is 1. The molecule has 1 heterocycles. The van der Waals surface area contributed by atoms with Gasteiger partial charge in [-0.1, -0.05) is 18.0 Å². The summed E-state index contributed by atoms with van der Waals surface area (Å²) < 4.78 is 19.0. The Morgan fingerprint density at radius 3 is 2.90 bits per heavy atom. The van der Waals surface area contributed by atoms with Gasteiger partial charge >= 0.3 is 0 Å². The first-order chi connectivity index (χ1) is 10.1. The summed E-state index contributed by atoms with van der Waals surface area (Å²) >= 11 is 3.16. The molecular formula is C15H17BrFN3O. The fraction of sp³-hybridized carbons (Fsp3) is 0.467. The van der Waals surface area contributed by atoms with Gasteiger partial charge in [-0.2, -0.15) is 4.98 Å². The Balaban J connectivity index is 1.75. The van der Waals surface area contributed by atoms with Crippen molar-refractivity contribution < 1.29 is 8.91 Å². The van der Waals surface area contributed by atoms with E-state index in [0.29, 0.717) is 22.1 Å². The highest BCUT2D eigenvalue weighted by Gasteiger charge is 2.24. The normalized spacial score (nSPS) is 22.4. The average Bonchev–Trinajstić information content (AvgIpc) is 2.93. The van der Waals surface area contributed by atoms with Crippen LogP contribution in [0.3, 0.4) is 0 Å². The molecule has 0 radical (unpaired) electrons. The van der Waals surface area contributed by atoms with Crippen molar-refractivity contribution in [1.82, 2.24) is 10.1 Å². The Morgan fingerprint density at radius 1 is 1.33 bits per heavy atom. The van der Waals surface area contributed by atoms with Crippen LogP contribution in [-0.4, -0.2) is 16.2 Å². The molecule has 1 saturated carbocycles. The van der Waals surface area contributed by atoms with E-state index in [0.717, 1.165) is 24.8 Å². The lowest BCUT2D eigenvalue weighted by Gasteiger charge is -2.27. The van der Waals surface area contributed by atoms with E-state index >= 15 is 0 Å². The number of nitrogens with two attached hydrogens (primary N) is 1. The first-order valence-electron chi connectivity index (χ1n) is 7.17. The molecule has 112 valence electrons. The minimum Gasteiger partial charge on any atom is -0.339 e. The number of halogens is 2. The highest BCUT2D eigenvalue weighted by molar-refractivity contribution is 9.10. The fourth-order valence-corrected chi connectivity index (χ4v) is 3.18. The summed E-state index contributed by atoms with van der Waals surface area (Å²) in [5.41, 5.74) is 6.87. The molecule has 0 aliphatic heterocycles. The SMILES string of the molecule is NC1CCCCC1Cc1nc(-c2ccc(F)c(Br)c2)no1. The van der Waals surface area contributed by atoms with Crippen molar-refractivity contribution in [3.8, 4) is 11.4 Å². The summed E-state index contributed by atoms with van der Waals surface area (Å²) in [7, 11) is 0. The first-order valence-corrected chi connectivity index (χ1v) is 7.96. The molecule has 1 aliphatic rings. The maximum Gasteiger partial charge on any atom is 0.227 e. The molecule has 0 bridgehead atoms. The highest BCUT2D eigenvalue weighted by atomic mass is 79.9. The van der Waals surface area contributed by atoms with Gasteiger partial charge in [0, 0.05) is 18.0 Å². The molecule has 21 heavy (non-hydrogen) atoms. The molecule has 0 spiro atoms. The van der Waals surface area contributed by atoms with Crippen LogP contribution < -0.4 is 5.73 Å². The topological polar surface area (TPSA) is 64.9 Å². The zero-order valence-electron chi connectivity index (χ0n) is 11.6. The molecule has 2 aromatic rings. The third-order valence-electron chi connectivity index (χ3n) is 4.05. The Labute approximate surface area is 131 Å². The number of nitrogens with zero attached hydrogens (tertiary/aromatic N) is 2. The predicted molar refractivity (Wildman–Crippen MR) is 81.0 cm³/mol. The minimum atomic E-state index is -0.310. The van der Waals surface area contributed by atoms with Gasteiger partial charge in [0.2, 0.25) is 11.7 Å². The van der Waals surface area contributed by atoms with Gasteiger partial charge < -0.3 is 10.3 Å². The van der Waals surface area contributed by atoms with Crippen molar-refractivity contribution in [2.75, 3.05) is 0 Å². The summed E-state index contributed by atoms with van der Waals surface area (Å²) in [6, 6.07) is 4.89. The lowest BCUT2D eigenvalue weighted by Crippen LogP contribution is -2.34. The molecule has 0 saturated heterocycles. The van der Waals surface area contributed by atoms with Gasteiger partial charge in [-0.3, -0.25) is 0 Å². The predicted octanol–water partition coefficient (Wildman–Crippen LogP) is 3.70. The number of aromatic nitrogens is 2. The molecule has 4 nitrogen and oxygen atoms in total. The summed E-state index contributed by atoms with van der Waals surface area (Å²) in [6.45, 7) is 0. The Hall–Kier alpha value is -1.27. The first kappa shape index (κ1) is 14.7. The molecule has 6 heteroatoms. The van der Waals surface area contributed by atoms with Crippen LogP contribution >= 0.6 is 15.9 Å². The van der Waals surface area contributed by atoms with Crippen molar-refractivity contribution in [3.05, 3.63) is 34.4 Å². The Kier molecular flexibility index (Phi) is 4.35. The molecular weight excluding hydrogens is 337 g/mol. The van der Waals surface area contributed by atoms with Crippen LogP contribution in [-0.2, 0) is 6.42 Å². The number of hydrogen-bond acceptors (Lipinski definition) is 4. The third-order valence-corrected chi connectivity index (χ3v) is 4.66. The second kappa shape index (κ2) is 6.23. The van der Waals surface area contributed by atoms with Crippen LogP contribution in [0.25, 0.3) is 11.4 Å². The van der Waals surface area contributed by atoms with Crippen LogP contribution in [0.1, 0.15) is 31.6 Å². The second-order valence-corrected chi connectivity index (χ2v) is 6.41. The Bertz CT molecular complexity index is 631. The molecule has 2 unspecified atom stereocenters. The van der Waals surface area contributed by atoms with Gasteiger partial charge in [-0.25, -0.2) is 4.39 Å². The highest BCUT2D eigenvalue weighted by Crippen LogP contribution is 2.27. The largest absolute Gasteiger partial charge is 0.339 e. The van der Waals surface area contributed by atoms with Crippen molar-refractivity contribution in [2.24, 2.45) is 11.7 Å². The summed E-state index contributed by atoms with van der Waals surface area (Å²) in [6.07, 6.45) is 5.31. The maximum atomic E-state index is 13.2. The molecule has 3 rings (SSSR count). The quantitative estimate of drug-likeness (QED) is 0.913. The smallest absolute Gasteiger partial charge is 0.227 e. The standard InChI is InChI=1S/C15H17BrFN3O/c16-11-7-10(5-6-12(11)17)15-19-14(21-20-15)8-9-3-1-2-4-13(9)18/h5-7,9,13H,1-4,8,18H2. The van der Waals surface area contributed by atoms with Gasteiger partial charge in [0.05, 0.1) is 4.47 Å². The molecule has 1 aliphatic carbocycles. The van der Waals surface area contributed by atoms with E-state index in [2.05, 4.69) is 26.1 Å². The lowest BCUT2D eigenvalue weighted by atomic mass is 9.83. The second-order valence-electron chi connectivity index (χ2n) is 5.55. The zero-order chi connectivity index (χ0) is 14.8. The van der Waals surface area contributed by atoms with Gasteiger partial charge in [0.25, 0.3) is 0 Å². The van der Waals surface area contributed by atoms with E-state index in [1.807, 2.05) is 0 Å². The van der Waals surface area contributed by atoms with E-state index in [4.69, 9.17) is 10.3 Å². The molecule has 1 aromatic carbocycles. The van der Waals surface area contributed by atoms with E-state index in [9.17, 15) is 4.39 Å². The Morgan fingerprint density at radius 2 is 2.14 bits per heavy atom. The van der Waals surface area contributed by atoms with E-state index < -0.39 is 0 Å². The summed E-state index contributed by atoms with van der Waals surface area (Å²) in [5.74, 6) is 1.19. The minimum absolute atomic E-state index is 0.217. The summed E-state index contributed by atoms with van der Waals surface area (Å²) in [4.78, 5) is 4.40. The number of benzene rings is 1. The van der Waals surface area contributed by atoms with E-state index in [-0.39, 0.29) is 11.9 Å². The number of rotatable bonds is 3. The molecule has 1 fully saturated rings. The van der Waals surface area contributed by atoms with Gasteiger partial charge in [-0.05, 0) is 52.9 Å². The van der Waals surface area contributed by atoms with Crippen molar-refractivity contribution in [3.63, 3.8) is 0 Å². The maximum absolute atomic E-state index is 13.2. The van der Waals surface area contributed by atoms with Crippen LogP contribution in [0.2, 0.25) is 0 Å². The molecule has 1 aromatic heterocycles. The van der Waals surface area contributed by atoms with Crippen molar-refractivity contribution in [2.45, 2.75) is 38.1 Å². The van der Waals surface area contributed by atoms with Crippen LogP contribution in [0.4, 0.5) is 4.39 Å². The van der Waals surface area contributed by atoms with Crippen LogP contribution in [0, 0.1) is 11.7 Å². The van der Waals surface area contributed by atoms with Crippen LogP contribution in [0.15, 0.2) is 27.2 Å². The van der Waals surface area contributed by atoms with Gasteiger partial charge in [0.15, 0.2) is 0 Å². The van der Waals surface area contributed by atoms with Crippen molar-refractivity contribution in [1.29, 1.82) is 0 Å². The fourth-order valence-electron chi connectivity index (χ4n) is 2.80. The summed E-state index contributed by atoms with van der Waals surface area (Å²) in [5, 5.41) is 3.98.